The zero-order valence-electron chi connectivity index (χ0n) is 9.84. The summed E-state index contributed by atoms with van der Waals surface area (Å²) in [5.74, 6) is -5.93. The van der Waals surface area contributed by atoms with Crippen LogP contribution in [0.15, 0.2) is 12.1 Å². The topological polar surface area (TPSA) is 78.4 Å². The fourth-order valence-electron chi connectivity index (χ4n) is 1.28. The molecule has 104 valence electrons. The normalized spacial score (nSPS) is 11.8. The number of aliphatic carboxylic acids is 1. The molecule has 1 aromatic carbocycles. The molecule has 1 atom stereocenters. The standard InChI is InChI=1S/C11H11F3N2O3/c1-2-6(10(17)18)15-11(19)16-7-4-3-5(12)8(13)9(7)14/h3-4,6H,2H2,1H3,(H,17,18)(H2,15,16,19). The van der Waals surface area contributed by atoms with Gasteiger partial charge in [-0.2, -0.15) is 0 Å². The quantitative estimate of drug-likeness (QED) is 0.737. The molecule has 0 spiro atoms. The van der Waals surface area contributed by atoms with Crippen LogP contribution in [0.25, 0.3) is 0 Å². The minimum Gasteiger partial charge on any atom is -0.480 e. The Kier molecular flexibility index (Phi) is 4.74. The van der Waals surface area contributed by atoms with Crippen molar-refractivity contribution in [2.24, 2.45) is 0 Å². The lowest BCUT2D eigenvalue weighted by atomic mass is 10.2. The Morgan fingerprint density at radius 3 is 2.42 bits per heavy atom. The summed E-state index contributed by atoms with van der Waals surface area (Å²) in [4.78, 5) is 22.0. The molecule has 5 nitrogen and oxygen atoms in total. The van der Waals surface area contributed by atoms with Gasteiger partial charge < -0.3 is 15.7 Å². The van der Waals surface area contributed by atoms with Crippen molar-refractivity contribution in [3.8, 4) is 0 Å². The van der Waals surface area contributed by atoms with Crippen LogP contribution in [-0.2, 0) is 4.79 Å². The van der Waals surface area contributed by atoms with Crippen molar-refractivity contribution in [3.05, 3.63) is 29.6 Å². The van der Waals surface area contributed by atoms with Gasteiger partial charge in [-0.1, -0.05) is 6.92 Å². The SMILES string of the molecule is CCC(NC(=O)Nc1ccc(F)c(F)c1F)C(=O)O. The van der Waals surface area contributed by atoms with E-state index in [1.807, 2.05) is 10.6 Å². The van der Waals surface area contributed by atoms with Crippen LogP contribution in [-0.4, -0.2) is 23.1 Å². The molecular weight excluding hydrogens is 265 g/mol. The molecule has 19 heavy (non-hydrogen) atoms. The smallest absolute Gasteiger partial charge is 0.326 e. The van der Waals surface area contributed by atoms with Crippen LogP contribution >= 0.6 is 0 Å². The second kappa shape index (κ2) is 6.07. The third-order valence-corrected chi connectivity index (χ3v) is 2.30. The van der Waals surface area contributed by atoms with E-state index in [0.717, 1.165) is 6.07 Å². The molecule has 0 aliphatic heterocycles. The molecule has 0 saturated heterocycles. The Balaban J connectivity index is 2.78. The van der Waals surface area contributed by atoms with Crippen LogP contribution in [0.2, 0.25) is 0 Å². The first-order chi connectivity index (χ1) is 8.86. The van der Waals surface area contributed by atoms with Crippen LogP contribution in [0.1, 0.15) is 13.3 Å². The average Bonchev–Trinajstić information content (AvgIpc) is 2.36. The average molecular weight is 276 g/mol. The fourth-order valence-corrected chi connectivity index (χ4v) is 1.28. The lowest BCUT2D eigenvalue weighted by molar-refractivity contribution is -0.139. The number of hydrogen-bond donors (Lipinski definition) is 3. The Morgan fingerprint density at radius 1 is 1.26 bits per heavy atom. The van der Waals surface area contributed by atoms with Gasteiger partial charge in [0.25, 0.3) is 0 Å². The molecule has 0 aromatic heterocycles. The third kappa shape index (κ3) is 3.60. The van der Waals surface area contributed by atoms with Crippen molar-refractivity contribution in [2.45, 2.75) is 19.4 Å². The second-order valence-corrected chi connectivity index (χ2v) is 3.62. The van der Waals surface area contributed by atoms with Crippen LogP contribution in [0, 0.1) is 17.5 Å². The Bertz CT molecular complexity index is 508. The van der Waals surface area contributed by atoms with E-state index in [1.54, 1.807) is 0 Å². The number of hydrogen-bond acceptors (Lipinski definition) is 2. The van der Waals surface area contributed by atoms with Gasteiger partial charge in [0.2, 0.25) is 0 Å². The summed E-state index contributed by atoms with van der Waals surface area (Å²) in [6.45, 7) is 1.53. The van der Waals surface area contributed by atoms with Crippen LogP contribution in [0.3, 0.4) is 0 Å². The zero-order valence-corrected chi connectivity index (χ0v) is 9.84. The number of carboxylic acid groups (broad SMARTS) is 1. The van der Waals surface area contributed by atoms with Gasteiger partial charge in [-0.05, 0) is 18.6 Å². The van der Waals surface area contributed by atoms with Gasteiger partial charge in [0, 0.05) is 0 Å². The molecule has 0 aliphatic carbocycles. The first-order valence-electron chi connectivity index (χ1n) is 5.30. The maximum absolute atomic E-state index is 13.2. The van der Waals surface area contributed by atoms with E-state index in [9.17, 15) is 22.8 Å². The summed E-state index contributed by atoms with van der Waals surface area (Å²) < 4.78 is 38.8. The lowest BCUT2D eigenvalue weighted by Crippen LogP contribution is -2.42. The number of halogens is 3. The predicted octanol–water partition coefficient (Wildman–Crippen LogP) is 2.09. The molecule has 0 fully saturated rings. The maximum atomic E-state index is 13.2. The van der Waals surface area contributed by atoms with Gasteiger partial charge >= 0.3 is 12.0 Å². The van der Waals surface area contributed by atoms with Gasteiger partial charge in [-0.25, -0.2) is 22.8 Å². The molecule has 1 aromatic rings. The van der Waals surface area contributed by atoms with Crippen LogP contribution in [0.4, 0.5) is 23.7 Å². The number of urea groups is 1. The van der Waals surface area contributed by atoms with Crippen molar-refractivity contribution in [3.63, 3.8) is 0 Å². The summed E-state index contributed by atoms with van der Waals surface area (Å²) in [6.07, 6.45) is 0.114. The highest BCUT2D eigenvalue weighted by atomic mass is 19.2. The summed E-state index contributed by atoms with van der Waals surface area (Å²) in [5.41, 5.74) is -0.586. The lowest BCUT2D eigenvalue weighted by Gasteiger charge is -2.13. The highest BCUT2D eigenvalue weighted by molar-refractivity contribution is 5.92. The maximum Gasteiger partial charge on any atom is 0.326 e. The number of anilines is 1. The fraction of sp³-hybridized carbons (Fsp3) is 0.273. The van der Waals surface area contributed by atoms with Gasteiger partial charge in [0.1, 0.15) is 6.04 Å². The van der Waals surface area contributed by atoms with Crippen molar-refractivity contribution in [1.29, 1.82) is 0 Å². The molecule has 3 N–H and O–H groups in total. The summed E-state index contributed by atoms with van der Waals surface area (Å²) >= 11 is 0. The number of rotatable bonds is 4. The van der Waals surface area contributed by atoms with Crippen molar-refractivity contribution in [1.82, 2.24) is 5.32 Å². The predicted molar refractivity (Wildman–Crippen MR) is 60.2 cm³/mol. The minimum atomic E-state index is -1.72. The van der Waals surface area contributed by atoms with E-state index in [0.29, 0.717) is 6.07 Å². The van der Waals surface area contributed by atoms with E-state index in [1.165, 1.54) is 6.92 Å². The number of carboxylic acids is 1. The van der Waals surface area contributed by atoms with Gasteiger partial charge in [0.05, 0.1) is 5.69 Å². The summed E-state index contributed by atoms with van der Waals surface area (Å²) in [6, 6.07) is -0.718. The number of benzene rings is 1. The zero-order chi connectivity index (χ0) is 14.6. The molecule has 2 amide bonds. The minimum absolute atomic E-state index is 0.114. The largest absolute Gasteiger partial charge is 0.480 e. The van der Waals surface area contributed by atoms with Crippen molar-refractivity contribution >= 4 is 17.7 Å². The van der Waals surface area contributed by atoms with Crippen molar-refractivity contribution < 1.29 is 27.9 Å². The van der Waals surface area contributed by atoms with Gasteiger partial charge in [-0.3, -0.25) is 0 Å². The van der Waals surface area contributed by atoms with E-state index in [-0.39, 0.29) is 6.42 Å². The molecule has 0 aliphatic rings. The van der Waals surface area contributed by atoms with E-state index < -0.39 is 41.2 Å². The van der Waals surface area contributed by atoms with E-state index in [4.69, 9.17) is 5.11 Å². The molecule has 0 saturated carbocycles. The molecule has 0 heterocycles. The molecule has 0 radical (unpaired) electrons. The molecule has 0 bridgehead atoms. The highest BCUT2D eigenvalue weighted by Gasteiger charge is 2.19. The van der Waals surface area contributed by atoms with E-state index in [2.05, 4.69) is 0 Å². The number of amides is 2. The van der Waals surface area contributed by atoms with E-state index >= 15 is 0 Å². The highest BCUT2D eigenvalue weighted by Crippen LogP contribution is 2.19. The number of nitrogens with one attached hydrogen (secondary N) is 2. The molecule has 8 heteroatoms. The Morgan fingerprint density at radius 2 is 1.89 bits per heavy atom. The second-order valence-electron chi connectivity index (χ2n) is 3.62. The summed E-state index contributed by atoms with van der Waals surface area (Å²) in [5, 5.41) is 12.6. The van der Waals surface area contributed by atoms with Crippen molar-refractivity contribution in [2.75, 3.05) is 5.32 Å². The van der Waals surface area contributed by atoms with Gasteiger partial charge in [-0.15, -0.1) is 0 Å². The van der Waals surface area contributed by atoms with Crippen LogP contribution < -0.4 is 10.6 Å². The Labute approximate surface area is 106 Å². The first-order valence-corrected chi connectivity index (χ1v) is 5.30. The van der Waals surface area contributed by atoms with Gasteiger partial charge in [0.15, 0.2) is 17.5 Å². The first kappa shape index (κ1) is 14.8. The number of carbonyl (C=O) groups excluding carboxylic acids is 1. The third-order valence-electron chi connectivity index (χ3n) is 2.30. The molecular formula is C11H11F3N2O3. The molecule has 1 rings (SSSR count). The molecule has 1 unspecified atom stereocenters. The van der Waals surface area contributed by atoms with Crippen LogP contribution in [0.5, 0.6) is 0 Å². The summed E-state index contributed by atoms with van der Waals surface area (Å²) in [7, 11) is 0. The Hall–Kier alpha value is -2.25. The monoisotopic (exact) mass is 276 g/mol. The number of carbonyl (C=O) groups is 2.